The minimum atomic E-state index is -0.318. The van der Waals surface area contributed by atoms with E-state index in [2.05, 4.69) is 20.6 Å². The third-order valence-electron chi connectivity index (χ3n) is 4.43. The molecule has 4 rings (SSSR count). The Morgan fingerprint density at radius 3 is 2.55 bits per heavy atom. The van der Waals surface area contributed by atoms with Gasteiger partial charge in [-0.2, -0.15) is 9.36 Å². The van der Waals surface area contributed by atoms with Crippen LogP contribution in [0.25, 0.3) is 16.9 Å². The average Bonchev–Trinajstić information content (AvgIpc) is 3.06. The number of halogens is 1. The van der Waals surface area contributed by atoms with E-state index in [4.69, 9.17) is 16.3 Å². The van der Waals surface area contributed by atoms with Crippen LogP contribution in [-0.2, 0) is 13.7 Å². The molecule has 0 aliphatic carbocycles. The number of rotatable bonds is 5. The van der Waals surface area contributed by atoms with Gasteiger partial charge in [0.05, 0.1) is 11.4 Å². The zero-order valence-corrected chi connectivity index (χ0v) is 16.5. The number of tetrazole rings is 1. The zero-order chi connectivity index (χ0) is 20.4. The fourth-order valence-corrected chi connectivity index (χ4v) is 3.00. The molecule has 2 aromatic carbocycles. The van der Waals surface area contributed by atoms with E-state index in [0.29, 0.717) is 10.8 Å². The summed E-state index contributed by atoms with van der Waals surface area (Å²) in [6.07, 6.45) is 0. The third-order valence-corrected chi connectivity index (χ3v) is 4.63. The van der Waals surface area contributed by atoms with Crippen LogP contribution in [0.5, 0.6) is 5.75 Å². The monoisotopic (exact) mass is 408 g/mol. The van der Waals surface area contributed by atoms with Gasteiger partial charge >= 0.3 is 5.69 Å². The van der Waals surface area contributed by atoms with Gasteiger partial charge in [-0.05, 0) is 59.3 Å². The van der Waals surface area contributed by atoms with E-state index >= 15 is 0 Å². The molecule has 0 bridgehead atoms. The number of aromatic nitrogens is 6. The van der Waals surface area contributed by atoms with Crippen LogP contribution in [0.2, 0.25) is 5.15 Å². The topological polar surface area (TPSA) is 87.7 Å². The number of hydrogen-bond donors (Lipinski definition) is 0. The summed E-state index contributed by atoms with van der Waals surface area (Å²) in [5.41, 5.74) is 3.75. The first-order valence-corrected chi connectivity index (χ1v) is 9.21. The first kappa shape index (κ1) is 18.8. The maximum Gasteiger partial charge on any atom is 0.368 e. The fraction of sp³-hybridized carbons (Fsp3) is 0.150. The van der Waals surface area contributed by atoms with Crippen molar-refractivity contribution in [3.8, 4) is 22.7 Å². The lowest BCUT2D eigenvalue weighted by Crippen LogP contribution is -2.23. The minimum Gasteiger partial charge on any atom is -0.489 e. The number of benzene rings is 2. The van der Waals surface area contributed by atoms with Gasteiger partial charge in [0.25, 0.3) is 0 Å². The highest BCUT2D eigenvalue weighted by Gasteiger charge is 2.12. The van der Waals surface area contributed by atoms with Crippen LogP contribution < -0.4 is 10.4 Å². The summed E-state index contributed by atoms with van der Waals surface area (Å²) in [5.74, 6) is 0.733. The summed E-state index contributed by atoms with van der Waals surface area (Å²) in [7, 11) is 1.56. The van der Waals surface area contributed by atoms with Gasteiger partial charge in [0, 0.05) is 18.2 Å². The van der Waals surface area contributed by atoms with Crippen LogP contribution in [-0.4, -0.2) is 30.0 Å². The summed E-state index contributed by atoms with van der Waals surface area (Å²) in [6, 6.07) is 16.7. The first-order valence-electron chi connectivity index (χ1n) is 8.83. The second-order valence-electron chi connectivity index (χ2n) is 6.44. The van der Waals surface area contributed by atoms with Crippen LogP contribution in [0.1, 0.15) is 11.1 Å². The van der Waals surface area contributed by atoms with E-state index in [1.54, 1.807) is 13.1 Å². The van der Waals surface area contributed by atoms with E-state index in [1.165, 1.54) is 9.36 Å². The zero-order valence-electron chi connectivity index (χ0n) is 15.8. The standard InChI is InChI=1S/C20H17ClN6O2/c1-13-11-14(16-8-10-19(21)23-22-16)7-9-18(13)29-12-15-5-3-4-6-17(15)27-20(28)26(2)24-25-27/h3-11H,12H2,1-2H3. The number of ether oxygens (including phenoxy) is 1. The van der Waals surface area contributed by atoms with Gasteiger partial charge in [0.15, 0.2) is 5.15 Å². The SMILES string of the molecule is Cc1cc(-c2ccc(Cl)nn2)ccc1OCc1ccccc1-n1nnn(C)c1=O. The van der Waals surface area contributed by atoms with Crippen molar-refractivity contribution in [1.29, 1.82) is 0 Å². The van der Waals surface area contributed by atoms with Gasteiger partial charge in [0.1, 0.15) is 12.4 Å². The van der Waals surface area contributed by atoms with E-state index in [9.17, 15) is 4.79 Å². The van der Waals surface area contributed by atoms with Crippen LogP contribution in [0, 0.1) is 6.92 Å². The molecule has 0 radical (unpaired) electrons. The molecular weight excluding hydrogens is 392 g/mol. The quantitative estimate of drug-likeness (QED) is 0.504. The van der Waals surface area contributed by atoms with Crippen molar-refractivity contribution in [2.45, 2.75) is 13.5 Å². The van der Waals surface area contributed by atoms with Gasteiger partial charge in [0.2, 0.25) is 0 Å². The largest absolute Gasteiger partial charge is 0.489 e. The summed E-state index contributed by atoms with van der Waals surface area (Å²) in [5, 5.41) is 16.0. The molecule has 0 saturated heterocycles. The van der Waals surface area contributed by atoms with Gasteiger partial charge in [-0.3, -0.25) is 0 Å². The predicted octanol–water partition coefficient (Wildman–Crippen LogP) is 2.96. The van der Waals surface area contributed by atoms with E-state index in [1.807, 2.05) is 55.5 Å². The number of hydrogen-bond acceptors (Lipinski definition) is 6. The molecule has 2 heterocycles. The highest BCUT2D eigenvalue weighted by Crippen LogP contribution is 2.26. The molecule has 0 atom stereocenters. The van der Waals surface area contributed by atoms with Crippen molar-refractivity contribution in [3.63, 3.8) is 0 Å². The molecule has 0 amide bonds. The Morgan fingerprint density at radius 2 is 1.86 bits per heavy atom. The van der Waals surface area contributed by atoms with Crippen LogP contribution >= 0.6 is 11.6 Å². The molecule has 0 fully saturated rings. The molecule has 0 aliphatic heterocycles. The molecule has 9 heteroatoms. The number of para-hydroxylation sites is 1. The molecule has 146 valence electrons. The number of nitrogens with zero attached hydrogens (tertiary/aromatic N) is 6. The third kappa shape index (κ3) is 3.88. The molecule has 0 spiro atoms. The Kier molecular flexibility index (Phi) is 5.09. The van der Waals surface area contributed by atoms with E-state index < -0.39 is 0 Å². The van der Waals surface area contributed by atoms with Crippen LogP contribution in [0.3, 0.4) is 0 Å². The van der Waals surface area contributed by atoms with Crippen molar-refractivity contribution in [2.75, 3.05) is 0 Å². The molecular formula is C20H17ClN6O2. The van der Waals surface area contributed by atoms with E-state index in [-0.39, 0.29) is 12.3 Å². The van der Waals surface area contributed by atoms with Gasteiger partial charge in [-0.15, -0.1) is 10.2 Å². The Bertz CT molecular complexity index is 1220. The van der Waals surface area contributed by atoms with Crippen molar-refractivity contribution in [3.05, 3.63) is 81.4 Å². The van der Waals surface area contributed by atoms with Gasteiger partial charge in [-0.1, -0.05) is 29.8 Å². The molecule has 29 heavy (non-hydrogen) atoms. The number of aryl methyl sites for hydroxylation is 2. The molecule has 0 N–H and O–H groups in total. The second-order valence-corrected chi connectivity index (χ2v) is 6.82. The Labute approximate surface area is 171 Å². The lowest BCUT2D eigenvalue weighted by atomic mass is 10.1. The molecule has 2 aromatic heterocycles. The lowest BCUT2D eigenvalue weighted by Gasteiger charge is -2.12. The Hall–Kier alpha value is -3.52. The van der Waals surface area contributed by atoms with Gasteiger partial charge in [-0.25, -0.2) is 4.79 Å². The lowest BCUT2D eigenvalue weighted by molar-refractivity contribution is 0.303. The Balaban J connectivity index is 1.56. The van der Waals surface area contributed by atoms with Crippen LogP contribution in [0.4, 0.5) is 0 Å². The maximum atomic E-state index is 12.2. The molecule has 4 aromatic rings. The van der Waals surface area contributed by atoms with Crippen molar-refractivity contribution < 1.29 is 4.74 Å². The van der Waals surface area contributed by atoms with E-state index in [0.717, 1.165) is 28.1 Å². The fourth-order valence-electron chi connectivity index (χ4n) is 2.90. The minimum absolute atomic E-state index is 0.278. The van der Waals surface area contributed by atoms with Crippen molar-refractivity contribution >= 4 is 11.6 Å². The maximum absolute atomic E-state index is 12.2. The molecule has 0 saturated carbocycles. The normalized spacial score (nSPS) is 10.9. The molecule has 0 aliphatic rings. The highest BCUT2D eigenvalue weighted by molar-refractivity contribution is 6.29. The summed E-state index contributed by atoms with van der Waals surface area (Å²) < 4.78 is 8.45. The second kappa shape index (κ2) is 7.84. The molecule has 0 unspecified atom stereocenters. The smallest absolute Gasteiger partial charge is 0.368 e. The van der Waals surface area contributed by atoms with Crippen molar-refractivity contribution in [2.24, 2.45) is 7.05 Å². The van der Waals surface area contributed by atoms with Crippen molar-refractivity contribution in [1.82, 2.24) is 30.0 Å². The predicted molar refractivity (Wildman–Crippen MR) is 108 cm³/mol. The van der Waals surface area contributed by atoms with Gasteiger partial charge < -0.3 is 4.74 Å². The molecule has 8 nitrogen and oxygen atoms in total. The first-order chi connectivity index (χ1) is 14.0. The average molecular weight is 409 g/mol. The highest BCUT2D eigenvalue weighted by atomic mass is 35.5. The Morgan fingerprint density at radius 1 is 1.03 bits per heavy atom. The summed E-state index contributed by atoms with van der Waals surface area (Å²) >= 11 is 5.80. The summed E-state index contributed by atoms with van der Waals surface area (Å²) in [4.78, 5) is 12.2. The van der Waals surface area contributed by atoms with Crippen LogP contribution in [0.15, 0.2) is 59.4 Å². The summed E-state index contributed by atoms with van der Waals surface area (Å²) in [6.45, 7) is 2.24.